The third kappa shape index (κ3) is 2.02. The molecular weight excluding hydrogens is 318 g/mol. The van der Waals surface area contributed by atoms with Crippen LogP contribution in [0.5, 0.6) is 5.75 Å². The van der Waals surface area contributed by atoms with E-state index < -0.39 is 0 Å². The molecular formula is C18H15N5O2. The smallest absolute Gasteiger partial charge is 0.247 e. The Morgan fingerprint density at radius 3 is 3.00 bits per heavy atom. The normalized spacial score (nSPS) is 13.2. The number of aryl methyl sites for hydroxylation is 1. The first kappa shape index (κ1) is 14.0. The van der Waals surface area contributed by atoms with E-state index >= 15 is 0 Å². The van der Waals surface area contributed by atoms with Crippen LogP contribution in [0.25, 0.3) is 28.4 Å². The highest BCUT2D eigenvalue weighted by Gasteiger charge is 2.21. The second-order valence-corrected chi connectivity index (χ2v) is 5.95. The fourth-order valence-corrected chi connectivity index (χ4v) is 3.40. The number of hydrogen-bond acceptors (Lipinski definition) is 6. The van der Waals surface area contributed by atoms with Gasteiger partial charge in [-0.25, -0.2) is 15.0 Å². The molecule has 0 spiro atoms. The van der Waals surface area contributed by atoms with Gasteiger partial charge in [-0.2, -0.15) is 0 Å². The minimum absolute atomic E-state index is 0.381. The van der Waals surface area contributed by atoms with Crippen molar-refractivity contribution in [1.29, 1.82) is 0 Å². The molecule has 25 heavy (non-hydrogen) atoms. The fraction of sp³-hybridized carbons (Fsp3) is 0.167. The van der Waals surface area contributed by atoms with Crippen LogP contribution in [0, 0.1) is 6.92 Å². The van der Waals surface area contributed by atoms with E-state index in [1.165, 1.54) is 6.26 Å². The number of anilines is 1. The molecule has 3 aromatic heterocycles. The van der Waals surface area contributed by atoms with Crippen molar-refractivity contribution >= 4 is 11.5 Å². The van der Waals surface area contributed by atoms with Crippen molar-refractivity contribution in [3.63, 3.8) is 0 Å². The monoisotopic (exact) mass is 333 g/mol. The first-order valence-corrected chi connectivity index (χ1v) is 8.03. The number of benzene rings is 1. The number of aromatic nitrogens is 4. The average Bonchev–Trinajstić information content (AvgIpc) is 3.33. The van der Waals surface area contributed by atoms with Crippen LogP contribution in [0.15, 0.2) is 41.1 Å². The number of hydrogen-bond donors (Lipinski definition) is 1. The summed E-state index contributed by atoms with van der Waals surface area (Å²) in [6.07, 6.45) is 3.99. The maximum absolute atomic E-state index is 6.24. The van der Waals surface area contributed by atoms with Gasteiger partial charge in [-0.15, -0.1) is 0 Å². The van der Waals surface area contributed by atoms with E-state index in [1.807, 2.05) is 35.6 Å². The van der Waals surface area contributed by atoms with Crippen molar-refractivity contribution in [3.8, 4) is 28.6 Å². The highest BCUT2D eigenvalue weighted by molar-refractivity contribution is 5.80. The molecule has 0 fully saturated rings. The quantitative estimate of drug-likeness (QED) is 0.606. The highest BCUT2D eigenvalue weighted by Crippen LogP contribution is 2.36. The van der Waals surface area contributed by atoms with Gasteiger partial charge in [-0.3, -0.25) is 4.40 Å². The van der Waals surface area contributed by atoms with Crippen molar-refractivity contribution < 1.29 is 9.15 Å². The van der Waals surface area contributed by atoms with Gasteiger partial charge in [0.15, 0.2) is 5.69 Å². The number of ether oxygens (including phenoxy) is 1. The molecule has 1 aliphatic rings. The number of imidazole rings is 1. The summed E-state index contributed by atoms with van der Waals surface area (Å²) < 4.78 is 12.9. The number of nitrogens with zero attached hydrogens (tertiary/aromatic N) is 4. The molecule has 0 saturated heterocycles. The first-order chi connectivity index (χ1) is 12.2. The van der Waals surface area contributed by atoms with Gasteiger partial charge >= 0.3 is 0 Å². The molecule has 7 heteroatoms. The lowest BCUT2D eigenvalue weighted by Crippen LogP contribution is -2.03. The molecule has 5 rings (SSSR count). The van der Waals surface area contributed by atoms with Gasteiger partial charge in [0.2, 0.25) is 11.8 Å². The second-order valence-electron chi connectivity index (χ2n) is 5.95. The van der Waals surface area contributed by atoms with E-state index in [4.69, 9.17) is 14.9 Å². The van der Waals surface area contributed by atoms with Crippen LogP contribution in [0.4, 0.5) is 5.95 Å². The minimum atomic E-state index is 0.381. The molecule has 0 radical (unpaired) electrons. The van der Waals surface area contributed by atoms with Gasteiger partial charge in [-0.05, 0) is 19.1 Å². The summed E-state index contributed by atoms with van der Waals surface area (Å²) in [7, 11) is 0. The third-order valence-corrected chi connectivity index (χ3v) is 4.47. The number of fused-ring (bicyclic) bond motifs is 2. The lowest BCUT2D eigenvalue weighted by atomic mass is 10.0. The molecule has 4 heterocycles. The molecule has 1 aromatic carbocycles. The Morgan fingerprint density at radius 1 is 1.24 bits per heavy atom. The van der Waals surface area contributed by atoms with Crippen LogP contribution < -0.4 is 10.5 Å². The first-order valence-electron chi connectivity index (χ1n) is 8.03. The largest absolute Gasteiger partial charge is 0.493 e. The fourth-order valence-electron chi connectivity index (χ4n) is 3.40. The second kappa shape index (κ2) is 5.07. The summed E-state index contributed by atoms with van der Waals surface area (Å²) in [5.74, 6) is 2.49. The number of rotatable bonds is 2. The molecule has 0 bridgehead atoms. The number of nitrogen functional groups attached to an aromatic ring is 1. The van der Waals surface area contributed by atoms with E-state index in [-0.39, 0.29) is 0 Å². The van der Waals surface area contributed by atoms with Gasteiger partial charge in [0.25, 0.3) is 0 Å². The molecule has 7 nitrogen and oxygen atoms in total. The topological polar surface area (TPSA) is 91.5 Å². The predicted molar refractivity (Wildman–Crippen MR) is 92.3 cm³/mol. The Kier molecular flexibility index (Phi) is 2.85. The van der Waals surface area contributed by atoms with Crippen molar-refractivity contribution in [2.24, 2.45) is 0 Å². The molecule has 0 atom stereocenters. The molecule has 0 unspecified atom stereocenters. The van der Waals surface area contributed by atoms with Crippen LogP contribution in [0.1, 0.15) is 11.4 Å². The molecule has 124 valence electrons. The SMILES string of the molecule is Cc1nc(-c2ncco2)c2cc(-c3cccc4c3CCO4)nc(N)n12. The molecule has 2 N–H and O–H groups in total. The van der Waals surface area contributed by atoms with Gasteiger partial charge in [-0.1, -0.05) is 12.1 Å². The van der Waals surface area contributed by atoms with Crippen LogP contribution in [0.3, 0.4) is 0 Å². The Labute approximate surface area is 143 Å². The van der Waals surface area contributed by atoms with Gasteiger partial charge in [0, 0.05) is 17.5 Å². The zero-order valence-electron chi connectivity index (χ0n) is 13.6. The Morgan fingerprint density at radius 2 is 2.16 bits per heavy atom. The van der Waals surface area contributed by atoms with Gasteiger partial charge in [0.05, 0.1) is 24.0 Å². The Hall–Kier alpha value is -3.35. The molecule has 0 aliphatic carbocycles. The van der Waals surface area contributed by atoms with E-state index in [0.29, 0.717) is 24.1 Å². The maximum Gasteiger partial charge on any atom is 0.247 e. The van der Waals surface area contributed by atoms with Crippen molar-refractivity contribution in [3.05, 3.63) is 48.1 Å². The third-order valence-electron chi connectivity index (χ3n) is 4.47. The lowest BCUT2D eigenvalue weighted by molar-refractivity contribution is 0.357. The molecule has 4 aromatic rings. The van der Waals surface area contributed by atoms with Crippen molar-refractivity contribution in [1.82, 2.24) is 19.4 Å². The summed E-state index contributed by atoms with van der Waals surface area (Å²) >= 11 is 0. The highest BCUT2D eigenvalue weighted by atomic mass is 16.5. The summed E-state index contributed by atoms with van der Waals surface area (Å²) in [5.41, 5.74) is 10.7. The molecule has 0 saturated carbocycles. The van der Waals surface area contributed by atoms with Crippen molar-refractivity contribution in [2.75, 3.05) is 12.3 Å². The Bertz CT molecular complexity index is 1100. The van der Waals surface area contributed by atoms with Crippen LogP contribution in [-0.2, 0) is 6.42 Å². The van der Waals surface area contributed by atoms with E-state index in [9.17, 15) is 0 Å². The zero-order valence-corrected chi connectivity index (χ0v) is 13.6. The van der Waals surface area contributed by atoms with Crippen LogP contribution >= 0.6 is 0 Å². The van der Waals surface area contributed by atoms with Gasteiger partial charge < -0.3 is 14.9 Å². The zero-order chi connectivity index (χ0) is 17.0. The number of nitrogens with two attached hydrogens (primary N) is 1. The average molecular weight is 333 g/mol. The van der Waals surface area contributed by atoms with E-state index in [0.717, 1.165) is 40.3 Å². The van der Waals surface area contributed by atoms with Crippen LogP contribution in [0.2, 0.25) is 0 Å². The standard InChI is InChI=1S/C18H15N5O2/c1-10-21-16(17-20-6-8-25-17)14-9-13(22-18(19)23(10)14)11-3-2-4-15-12(11)5-7-24-15/h2-4,6,8-9H,5,7H2,1H3,(H2,19,22). The minimum Gasteiger partial charge on any atom is -0.493 e. The van der Waals surface area contributed by atoms with E-state index in [2.05, 4.69) is 15.0 Å². The summed E-state index contributed by atoms with van der Waals surface area (Å²) in [4.78, 5) is 13.4. The van der Waals surface area contributed by atoms with Crippen molar-refractivity contribution in [2.45, 2.75) is 13.3 Å². The predicted octanol–water partition coefficient (Wildman–Crippen LogP) is 2.88. The lowest BCUT2D eigenvalue weighted by Gasteiger charge is -2.09. The molecule has 0 amide bonds. The summed E-state index contributed by atoms with van der Waals surface area (Å²) in [6.45, 7) is 2.57. The van der Waals surface area contributed by atoms with Crippen LogP contribution in [-0.4, -0.2) is 26.0 Å². The maximum atomic E-state index is 6.24. The van der Waals surface area contributed by atoms with E-state index in [1.54, 1.807) is 6.20 Å². The Balaban J connectivity index is 1.79. The molecule has 1 aliphatic heterocycles. The van der Waals surface area contributed by atoms with Gasteiger partial charge in [0.1, 0.15) is 17.8 Å². The number of oxazole rings is 1. The summed E-state index contributed by atoms with van der Waals surface area (Å²) in [6, 6.07) is 7.97. The summed E-state index contributed by atoms with van der Waals surface area (Å²) in [5, 5.41) is 0.